The minimum Gasteiger partial charge on any atom is -0.495 e. The smallest absolute Gasteiger partial charge is 0.253 e. The molecule has 0 aliphatic carbocycles. The van der Waals surface area contributed by atoms with Gasteiger partial charge in [0.1, 0.15) is 18.2 Å². The second-order valence-electron chi connectivity index (χ2n) is 10.9. The monoisotopic (exact) mass is 550 g/mol. The van der Waals surface area contributed by atoms with Gasteiger partial charge in [-0.05, 0) is 51.1 Å². The first-order valence-electron chi connectivity index (χ1n) is 14.1. The minimum atomic E-state index is 0.0456. The lowest BCUT2D eigenvalue weighted by molar-refractivity contribution is 0.0518. The maximum absolute atomic E-state index is 13.4. The number of carbonyl (C=O) groups excluding carboxylic acids is 1. The number of anilines is 4. The van der Waals surface area contributed by atoms with Gasteiger partial charge in [-0.15, -0.1) is 0 Å². The molecule has 2 aromatic rings. The standard InChI is InChI=1S/C29H42N8O3/c1-21-10-17-40-20-34(3)25-19-30-29(32-27(25)35(21)4)31-24-7-6-22(18-26(24)39-5)28(38)37-11-8-23(9-12-37)36-15-13-33(2)14-16-36/h6-7,10,18-19,23H,8-9,11-17,20H2,1-5H3,(H,30,31,32)/b21-10-. The number of amides is 1. The van der Waals surface area contributed by atoms with Crippen molar-refractivity contribution in [1.29, 1.82) is 0 Å². The van der Waals surface area contributed by atoms with Crippen LogP contribution in [0.15, 0.2) is 36.2 Å². The summed E-state index contributed by atoms with van der Waals surface area (Å²) in [5.74, 6) is 1.82. The molecule has 0 saturated carbocycles. The molecular weight excluding hydrogens is 508 g/mol. The van der Waals surface area contributed by atoms with Crippen LogP contribution in [0.2, 0.25) is 0 Å². The van der Waals surface area contributed by atoms with E-state index in [0.717, 1.165) is 69.3 Å². The lowest BCUT2D eigenvalue weighted by atomic mass is 10.0. The fourth-order valence-corrected chi connectivity index (χ4v) is 5.54. The van der Waals surface area contributed by atoms with Crippen molar-refractivity contribution in [1.82, 2.24) is 24.7 Å². The van der Waals surface area contributed by atoms with E-state index in [1.807, 2.05) is 53.9 Å². The Kier molecular flexibility index (Phi) is 8.72. The van der Waals surface area contributed by atoms with E-state index in [4.69, 9.17) is 14.5 Å². The van der Waals surface area contributed by atoms with Gasteiger partial charge >= 0.3 is 0 Å². The Bertz CT molecular complexity index is 1220. The highest BCUT2D eigenvalue weighted by Gasteiger charge is 2.29. The lowest BCUT2D eigenvalue weighted by Crippen LogP contribution is -2.52. The third kappa shape index (κ3) is 6.16. The number of piperidine rings is 1. The Hall–Kier alpha value is -3.41. The number of methoxy groups -OCH3 is 1. The van der Waals surface area contributed by atoms with E-state index in [-0.39, 0.29) is 5.91 Å². The molecule has 0 atom stereocenters. The normalized spacial score (nSPS) is 21.1. The summed E-state index contributed by atoms with van der Waals surface area (Å²) in [6.07, 6.45) is 5.86. The maximum atomic E-state index is 13.4. The van der Waals surface area contributed by atoms with E-state index in [0.29, 0.717) is 42.3 Å². The van der Waals surface area contributed by atoms with Crippen LogP contribution in [0, 0.1) is 0 Å². The van der Waals surface area contributed by atoms with Crippen molar-refractivity contribution in [3.8, 4) is 5.75 Å². The van der Waals surface area contributed by atoms with Gasteiger partial charge < -0.3 is 34.4 Å². The summed E-state index contributed by atoms with van der Waals surface area (Å²) in [6.45, 7) is 9.04. The molecule has 40 heavy (non-hydrogen) atoms. The molecule has 3 aliphatic rings. The van der Waals surface area contributed by atoms with Crippen LogP contribution in [0.4, 0.5) is 23.1 Å². The van der Waals surface area contributed by atoms with Gasteiger partial charge in [0.2, 0.25) is 5.95 Å². The predicted octanol–water partition coefficient (Wildman–Crippen LogP) is 2.84. The van der Waals surface area contributed by atoms with Crippen LogP contribution in [0.5, 0.6) is 5.75 Å². The Balaban J connectivity index is 1.27. The summed E-state index contributed by atoms with van der Waals surface area (Å²) in [7, 11) is 7.73. The zero-order valence-corrected chi connectivity index (χ0v) is 24.4. The Morgan fingerprint density at radius 1 is 1.07 bits per heavy atom. The highest BCUT2D eigenvalue weighted by Crippen LogP contribution is 2.33. The molecule has 2 fully saturated rings. The molecule has 5 rings (SSSR count). The van der Waals surface area contributed by atoms with Crippen LogP contribution < -0.4 is 19.9 Å². The summed E-state index contributed by atoms with van der Waals surface area (Å²) >= 11 is 0. The first-order chi connectivity index (χ1) is 19.3. The van der Waals surface area contributed by atoms with Crippen LogP contribution in [0.1, 0.15) is 30.1 Å². The fraction of sp³-hybridized carbons (Fsp3) is 0.552. The zero-order chi connectivity index (χ0) is 28.2. The molecule has 4 heterocycles. The van der Waals surface area contributed by atoms with E-state index < -0.39 is 0 Å². The topological polar surface area (TPSA) is 89.5 Å². The van der Waals surface area contributed by atoms with Crippen LogP contribution >= 0.6 is 0 Å². The van der Waals surface area contributed by atoms with Gasteiger partial charge in [-0.25, -0.2) is 4.98 Å². The molecule has 0 unspecified atom stereocenters. The van der Waals surface area contributed by atoms with E-state index in [1.54, 1.807) is 19.4 Å². The number of benzene rings is 1. The summed E-state index contributed by atoms with van der Waals surface area (Å²) in [4.78, 5) is 33.7. The van der Waals surface area contributed by atoms with Crippen LogP contribution in [0.3, 0.4) is 0 Å². The molecule has 1 aromatic heterocycles. The van der Waals surface area contributed by atoms with Gasteiger partial charge in [0.05, 0.1) is 25.6 Å². The average Bonchev–Trinajstić information content (AvgIpc) is 3.03. The van der Waals surface area contributed by atoms with Crippen LogP contribution in [-0.4, -0.2) is 117 Å². The fourth-order valence-electron chi connectivity index (χ4n) is 5.54. The number of nitrogens with one attached hydrogen (secondary N) is 1. The van der Waals surface area contributed by atoms with E-state index in [2.05, 4.69) is 27.1 Å². The first-order valence-corrected chi connectivity index (χ1v) is 14.1. The number of nitrogens with zero attached hydrogens (tertiary/aromatic N) is 7. The molecule has 1 N–H and O–H groups in total. The Morgan fingerprint density at radius 2 is 1.82 bits per heavy atom. The number of hydrogen-bond acceptors (Lipinski definition) is 10. The molecule has 3 aliphatic heterocycles. The van der Waals surface area contributed by atoms with Crippen molar-refractivity contribution < 1.29 is 14.3 Å². The number of carbonyl (C=O) groups is 1. The highest BCUT2D eigenvalue weighted by atomic mass is 16.5. The molecule has 0 spiro atoms. The van der Waals surface area contributed by atoms with Gasteiger partial charge in [0.25, 0.3) is 5.91 Å². The molecule has 0 bridgehead atoms. The van der Waals surface area contributed by atoms with Crippen LogP contribution in [-0.2, 0) is 4.74 Å². The van der Waals surface area contributed by atoms with Gasteiger partial charge in [-0.1, -0.05) is 0 Å². The number of aromatic nitrogens is 2. The average molecular weight is 551 g/mol. The molecule has 1 amide bonds. The number of allylic oxidation sites excluding steroid dienone is 1. The molecular formula is C29H42N8O3. The zero-order valence-electron chi connectivity index (χ0n) is 24.4. The van der Waals surface area contributed by atoms with Gasteiger partial charge in [0.15, 0.2) is 5.82 Å². The summed E-state index contributed by atoms with van der Waals surface area (Å²) in [5.41, 5.74) is 3.22. The molecule has 11 nitrogen and oxygen atoms in total. The second kappa shape index (κ2) is 12.4. The Morgan fingerprint density at radius 3 is 2.55 bits per heavy atom. The number of likely N-dealkylation sites (N-methyl/N-ethyl adjacent to an activating group) is 1. The van der Waals surface area contributed by atoms with Crippen LogP contribution in [0.25, 0.3) is 0 Å². The van der Waals surface area contributed by atoms with Crippen molar-refractivity contribution in [2.24, 2.45) is 0 Å². The largest absolute Gasteiger partial charge is 0.495 e. The number of piperazine rings is 1. The van der Waals surface area contributed by atoms with Crippen molar-refractivity contribution >= 4 is 29.0 Å². The molecule has 0 radical (unpaired) electrons. The quantitative estimate of drug-likeness (QED) is 0.600. The minimum absolute atomic E-state index is 0.0456. The number of hydrogen-bond donors (Lipinski definition) is 1. The number of rotatable bonds is 5. The van der Waals surface area contributed by atoms with E-state index in [9.17, 15) is 4.79 Å². The molecule has 1 aromatic carbocycles. The van der Waals surface area contributed by atoms with E-state index >= 15 is 0 Å². The van der Waals surface area contributed by atoms with Gasteiger partial charge in [-0.2, -0.15) is 4.98 Å². The summed E-state index contributed by atoms with van der Waals surface area (Å²) in [6, 6.07) is 6.09. The molecule has 2 saturated heterocycles. The lowest BCUT2D eigenvalue weighted by Gasteiger charge is -2.42. The number of fused-ring (bicyclic) bond motifs is 1. The molecule has 216 valence electrons. The van der Waals surface area contributed by atoms with Crippen molar-refractivity contribution in [3.05, 3.63) is 41.7 Å². The molecule has 11 heteroatoms. The predicted molar refractivity (Wildman–Crippen MR) is 158 cm³/mol. The highest BCUT2D eigenvalue weighted by molar-refractivity contribution is 5.95. The van der Waals surface area contributed by atoms with Gasteiger partial charge in [-0.3, -0.25) is 9.69 Å². The van der Waals surface area contributed by atoms with Crippen molar-refractivity contribution in [2.45, 2.75) is 25.8 Å². The SMILES string of the molecule is COc1cc(C(=O)N2CCC(N3CCN(C)CC3)CC2)ccc1Nc1ncc2c(n1)N(C)/C(C)=C\COCN2C. The van der Waals surface area contributed by atoms with Gasteiger partial charge in [0, 0.05) is 70.7 Å². The van der Waals surface area contributed by atoms with Crippen molar-refractivity contribution in [2.75, 3.05) is 96.0 Å². The summed E-state index contributed by atoms with van der Waals surface area (Å²) in [5, 5.41) is 3.29. The Labute approximate surface area is 237 Å². The summed E-state index contributed by atoms with van der Waals surface area (Å²) < 4.78 is 11.4. The number of ether oxygens (including phenoxy) is 2. The van der Waals surface area contributed by atoms with Crippen molar-refractivity contribution in [3.63, 3.8) is 0 Å². The third-order valence-electron chi connectivity index (χ3n) is 8.29. The second-order valence-corrected chi connectivity index (χ2v) is 10.9. The number of likely N-dealkylation sites (tertiary alicyclic amines) is 1. The first kappa shape index (κ1) is 28.1. The third-order valence-corrected chi connectivity index (χ3v) is 8.29. The maximum Gasteiger partial charge on any atom is 0.253 e. The van der Waals surface area contributed by atoms with E-state index in [1.165, 1.54) is 0 Å².